The molecule has 0 fully saturated rings. The minimum absolute atomic E-state index is 0.761. The van der Waals surface area contributed by atoms with E-state index in [-0.39, 0.29) is 0 Å². The average molecular weight is 333 g/mol. The quantitative estimate of drug-likeness (QED) is 0.269. The molecule has 0 saturated carbocycles. The van der Waals surface area contributed by atoms with Crippen molar-refractivity contribution in [1.29, 1.82) is 0 Å². The van der Waals surface area contributed by atoms with Gasteiger partial charge in [0.25, 0.3) is 0 Å². The van der Waals surface area contributed by atoms with Crippen molar-refractivity contribution in [2.45, 2.75) is 26.7 Å². The Kier molecular flexibility index (Phi) is 7.58. The first-order valence-corrected chi connectivity index (χ1v) is 8.82. The maximum atomic E-state index is 5.76. The van der Waals surface area contributed by atoms with Gasteiger partial charge in [-0.3, -0.25) is 0 Å². The lowest BCUT2D eigenvalue weighted by atomic mass is 10.0. The predicted octanol–water partition coefficient (Wildman–Crippen LogP) is 6.23. The van der Waals surface area contributed by atoms with Gasteiger partial charge in [-0.2, -0.15) is 0 Å². The fraction of sp³-hybridized carbons (Fsp3) is 0.217. The van der Waals surface area contributed by atoms with Gasteiger partial charge in [-0.25, -0.2) is 0 Å². The largest absolute Gasteiger partial charge is 0.494 e. The highest BCUT2D eigenvalue weighted by atomic mass is 16.5. The topological polar surface area (TPSA) is 35.2 Å². The Morgan fingerprint density at radius 1 is 1.00 bits per heavy atom. The lowest BCUT2D eigenvalue weighted by Crippen LogP contribution is -1.92. The Bertz CT molecular complexity index is 722. The Morgan fingerprint density at radius 2 is 1.64 bits per heavy atom. The van der Waals surface area contributed by atoms with Crippen molar-refractivity contribution in [3.63, 3.8) is 0 Å². The Balaban J connectivity index is 2.02. The second kappa shape index (κ2) is 10.2. The van der Waals surface area contributed by atoms with Crippen molar-refractivity contribution in [3.8, 4) is 11.1 Å². The summed E-state index contributed by atoms with van der Waals surface area (Å²) < 4.78 is 5.76. The van der Waals surface area contributed by atoms with E-state index >= 15 is 0 Å². The summed E-state index contributed by atoms with van der Waals surface area (Å²) in [5.41, 5.74) is 10.0. The number of hydrogen-bond donors (Lipinski definition) is 1. The van der Waals surface area contributed by atoms with Crippen molar-refractivity contribution in [2.24, 2.45) is 0 Å². The average Bonchev–Trinajstić information content (AvgIpc) is 2.63. The van der Waals surface area contributed by atoms with Gasteiger partial charge >= 0.3 is 0 Å². The zero-order valence-corrected chi connectivity index (χ0v) is 15.1. The molecule has 2 aromatic rings. The van der Waals surface area contributed by atoms with Gasteiger partial charge in [-0.1, -0.05) is 68.0 Å². The molecule has 0 aromatic heterocycles. The molecule has 0 heterocycles. The van der Waals surface area contributed by atoms with Gasteiger partial charge in [0.1, 0.15) is 5.76 Å². The number of rotatable bonds is 8. The molecule has 2 rings (SSSR count). The summed E-state index contributed by atoms with van der Waals surface area (Å²) in [6.45, 7) is 4.92. The Morgan fingerprint density at radius 3 is 2.24 bits per heavy atom. The van der Waals surface area contributed by atoms with Crippen LogP contribution in [0.5, 0.6) is 0 Å². The van der Waals surface area contributed by atoms with E-state index in [0.717, 1.165) is 36.5 Å². The van der Waals surface area contributed by atoms with Crippen LogP contribution in [0.1, 0.15) is 32.3 Å². The third-order valence-corrected chi connectivity index (χ3v) is 3.80. The molecular weight excluding hydrogens is 306 g/mol. The third-order valence-electron chi connectivity index (χ3n) is 3.80. The predicted molar refractivity (Wildman–Crippen MR) is 109 cm³/mol. The fourth-order valence-electron chi connectivity index (χ4n) is 2.37. The number of benzene rings is 2. The maximum absolute atomic E-state index is 5.76. The van der Waals surface area contributed by atoms with E-state index in [0.29, 0.717) is 0 Å². The lowest BCUT2D eigenvalue weighted by Gasteiger charge is -2.05. The molecule has 2 N–H and O–H groups in total. The summed E-state index contributed by atoms with van der Waals surface area (Å²) >= 11 is 0. The van der Waals surface area contributed by atoms with Gasteiger partial charge < -0.3 is 10.5 Å². The number of nitrogen functional groups attached to an aromatic ring is 1. The standard InChI is InChI=1S/C23H27NO/c1-3-5-18-25-23(7-4-2)9-6-8-19-10-12-20(13-11-19)21-14-16-22(24)17-15-21/h4,6-17H,3,5,18,24H2,1-2H3/b7-4-,8-6+,23-9+. The van der Waals surface area contributed by atoms with Crippen LogP contribution in [-0.2, 0) is 4.74 Å². The number of anilines is 1. The summed E-state index contributed by atoms with van der Waals surface area (Å²) in [6, 6.07) is 16.4. The number of allylic oxidation sites excluding steroid dienone is 4. The van der Waals surface area contributed by atoms with Crippen LogP contribution in [0, 0.1) is 0 Å². The van der Waals surface area contributed by atoms with Gasteiger partial charge in [-0.15, -0.1) is 0 Å². The highest BCUT2D eigenvalue weighted by Crippen LogP contribution is 2.21. The van der Waals surface area contributed by atoms with Crippen LogP contribution in [-0.4, -0.2) is 6.61 Å². The number of nitrogens with two attached hydrogens (primary N) is 1. The molecule has 0 bridgehead atoms. The van der Waals surface area contributed by atoms with E-state index in [1.165, 1.54) is 11.1 Å². The molecule has 0 radical (unpaired) electrons. The molecular formula is C23H27NO. The molecule has 2 nitrogen and oxygen atoms in total. The zero-order chi connectivity index (χ0) is 17.9. The molecule has 0 atom stereocenters. The normalized spacial score (nSPS) is 12.2. The third kappa shape index (κ3) is 6.34. The molecule has 0 saturated heterocycles. The van der Waals surface area contributed by atoms with Crippen LogP contribution >= 0.6 is 0 Å². The van der Waals surface area contributed by atoms with Crippen LogP contribution in [0.15, 0.2) is 78.6 Å². The van der Waals surface area contributed by atoms with Crippen molar-refractivity contribution in [2.75, 3.05) is 12.3 Å². The lowest BCUT2D eigenvalue weighted by molar-refractivity contribution is 0.219. The second-order valence-corrected chi connectivity index (χ2v) is 5.87. The molecule has 2 heteroatoms. The van der Waals surface area contributed by atoms with Crippen LogP contribution in [0.3, 0.4) is 0 Å². The van der Waals surface area contributed by atoms with E-state index in [4.69, 9.17) is 10.5 Å². The van der Waals surface area contributed by atoms with E-state index in [9.17, 15) is 0 Å². The molecule has 25 heavy (non-hydrogen) atoms. The highest BCUT2D eigenvalue weighted by molar-refractivity contribution is 5.67. The first-order chi connectivity index (χ1) is 12.2. The monoisotopic (exact) mass is 333 g/mol. The molecule has 0 amide bonds. The SMILES string of the molecule is C\C=C/C(=C\C=C\c1ccc(-c2ccc(N)cc2)cc1)OCCCC. The molecule has 0 aliphatic heterocycles. The minimum atomic E-state index is 0.761. The minimum Gasteiger partial charge on any atom is -0.494 e. The van der Waals surface area contributed by atoms with E-state index in [1.807, 2.05) is 55.5 Å². The molecule has 2 aromatic carbocycles. The smallest absolute Gasteiger partial charge is 0.118 e. The summed E-state index contributed by atoms with van der Waals surface area (Å²) in [4.78, 5) is 0. The van der Waals surface area contributed by atoms with Gasteiger partial charge in [0.2, 0.25) is 0 Å². The zero-order valence-electron chi connectivity index (χ0n) is 15.1. The highest BCUT2D eigenvalue weighted by Gasteiger charge is 1.97. The van der Waals surface area contributed by atoms with Gasteiger partial charge in [-0.05, 0) is 54.3 Å². The first kappa shape index (κ1) is 18.6. The van der Waals surface area contributed by atoms with Gasteiger partial charge in [0, 0.05) is 5.69 Å². The van der Waals surface area contributed by atoms with Crippen LogP contribution in [0.4, 0.5) is 5.69 Å². The number of unbranched alkanes of at least 4 members (excludes halogenated alkanes) is 1. The summed E-state index contributed by atoms with van der Waals surface area (Å²) in [7, 11) is 0. The Labute approximate surface area is 151 Å². The second-order valence-electron chi connectivity index (χ2n) is 5.87. The summed E-state index contributed by atoms with van der Waals surface area (Å²) in [5.74, 6) is 0.894. The van der Waals surface area contributed by atoms with Crippen molar-refractivity contribution in [1.82, 2.24) is 0 Å². The van der Waals surface area contributed by atoms with E-state index in [2.05, 4.69) is 37.3 Å². The van der Waals surface area contributed by atoms with Crippen LogP contribution in [0.2, 0.25) is 0 Å². The fourth-order valence-corrected chi connectivity index (χ4v) is 2.37. The maximum Gasteiger partial charge on any atom is 0.118 e. The first-order valence-electron chi connectivity index (χ1n) is 8.82. The molecule has 0 aliphatic carbocycles. The van der Waals surface area contributed by atoms with Crippen LogP contribution in [0.25, 0.3) is 17.2 Å². The molecule has 0 aliphatic rings. The molecule has 0 spiro atoms. The summed E-state index contributed by atoms with van der Waals surface area (Å²) in [6.07, 6.45) is 12.3. The van der Waals surface area contributed by atoms with Gasteiger partial charge in [0.15, 0.2) is 0 Å². The van der Waals surface area contributed by atoms with Crippen LogP contribution < -0.4 is 5.73 Å². The van der Waals surface area contributed by atoms with E-state index in [1.54, 1.807) is 0 Å². The summed E-state index contributed by atoms with van der Waals surface area (Å²) in [5, 5.41) is 0. The molecule has 0 unspecified atom stereocenters. The van der Waals surface area contributed by atoms with Gasteiger partial charge in [0.05, 0.1) is 6.61 Å². The van der Waals surface area contributed by atoms with Crippen molar-refractivity contribution < 1.29 is 4.74 Å². The van der Waals surface area contributed by atoms with Crippen molar-refractivity contribution in [3.05, 3.63) is 84.2 Å². The Hall–Kier alpha value is -2.74. The number of hydrogen-bond acceptors (Lipinski definition) is 2. The van der Waals surface area contributed by atoms with E-state index < -0.39 is 0 Å². The van der Waals surface area contributed by atoms with Crippen molar-refractivity contribution >= 4 is 11.8 Å². The number of ether oxygens (including phenoxy) is 1. The molecule has 130 valence electrons.